The number of fused-ring (bicyclic) bond motifs is 1. The molecule has 3 rings (SSSR count). The van der Waals surface area contributed by atoms with E-state index in [-0.39, 0.29) is 42.9 Å². The van der Waals surface area contributed by atoms with Gasteiger partial charge in [-0.3, -0.25) is 14.4 Å². The van der Waals surface area contributed by atoms with Gasteiger partial charge in [0.25, 0.3) is 0 Å². The summed E-state index contributed by atoms with van der Waals surface area (Å²) in [4.78, 5) is 45.4. The van der Waals surface area contributed by atoms with E-state index in [0.717, 1.165) is 6.42 Å². The molecule has 2 amide bonds. The molecule has 0 aliphatic carbocycles. The number of ether oxygens (including phenoxy) is 2. The first-order chi connectivity index (χ1) is 17.4. The molecule has 0 aromatic rings. The Hall–Kier alpha value is -2.19. The fraction of sp³-hybridized carbons (Fsp3) is 0.759. The molecule has 0 aromatic carbocycles. The summed E-state index contributed by atoms with van der Waals surface area (Å²) >= 11 is 0. The quantitative estimate of drug-likeness (QED) is 0.228. The molecule has 1 spiro atoms. The summed E-state index contributed by atoms with van der Waals surface area (Å²) < 4.78 is 12.4. The fourth-order valence-electron chi connectivity index (χ4n) is 6.87. The van der Waals surface area contributed by atoms with Gasteiger partial charge in [0, 0.05) is 12.6 Å². The molecule has 3 unspecified atom stereocenters. The Balaban J connectivity index is 2.11. The SMILES string of the molecule is C=CCCCOC(=O)[C@@H]1[C@H]2C(=O)N([C@@H](CO)CC(C)C)C(C(=O)N(CC=C)C(C)C)C23CC(C)[C@@]1(C)O3. The molecular weight excluding hydrogens is 472 g/mol. The lowest BCUT2D eigenvalue weighted by atomic mass is 9.62. The van der Waals surface area contributed by atoms with Crippen molar-refractivity contribution in [3.8, 4) is 0 Å². The minimum atomic E-state index is -1.16. The Morgan fingerprint density at radius 1 is 1.27 bits per heavy atom. The third-order valence-corrected chi connectivity index (χ3v) is 8.62. The molecule has 3 saturated heterocycles. The zero-order valence-electron chi connectivity index (χ0n) is 23.4. The number of hydrogen-bond acceptors (Lipinski definition) is 6. The van der Waals surface area contributed by atoms with Gasteiger partial charge in [0.05, 0.1) is 30.8 Å². The molecule has 3 aliphatic rings. The fourth-order valence-corrected chi connectivity index (χ4v) is 6.87. The highest BCUT2D eigenvalue weighted by molar-refractivity contribution is 5.99. The maximum absolute atomic E-state index is 14.3. The molecule has 37 heavy (non-hydrogen) atoms. The number of aliphatic hydroxyl groups excluding tert-OH is 1. The van der Waals surface area contributed by atoms with Crippen molar-refractivity contribution in [1.29, 1.82) is 0 Å². The van der Waals surface area contributed by atoms with E-state index in [0.29, 0.717) is 25.8 Å². The standard InChI is InChI=1S/C29H46N2O6/c1-9-11-12-14-36-27(35)23-22-25(33)31(21(17-32)15-18(3)4)24(26(34)30(13-10-2)19(5)6)29(22)16-20(7)28(23,8)37-29/h9-10,18-24,32H,1-2,11-17H2,3-8H3/t20?,21-,22+,23+,24?,28-,29?/m1/s1. The van der Waals surface area contributed by atoms with Gasteiger partial charge in [0.15, 0.2) is 0 Å². The Morgan fingerprint density at radius 3 is 2.49 bits per heavy atom. The molecular formula is C29H46N2O6. The van der Waals surface area contributed by atoms with Crippen LogP contribution in [0.3, 0.4) is 0 Å². The first-order valence-corrected chi connectivity index (χ1v) is 13.7. The highest BCUT2D eigenvalue weighted by Gasteiger charge is 2.80. The van der Waals surface area contributed by atoms with Gasteiger partial charge >= 0.3 is 5.97 Å². The van der Waals surface area contributed by atoms with Gasteiger partial charge in [-0.2, -0.15) is 0 Å². The number of likely N-dealkylation sites (tertiary alicyclic amines) is 1. The lowest BCUT2D eigenvalue weighted by Crippen LogP contribution is -2.60. The van der Waals surface area contributed by atoms with Crippen molar-refractivity contribution < 1.29 is 29.0 Å². The molecule has 1 N–H and O–H groups in total. The normalized spacial score (nSPS) is 33.1. The first kappa shape index (κ1) is 29.4. The minimum Gasteiger partial charge on any atom is -0.465 e. The number of allylic oxidation sites excluding steroid dienone is 1. The van der Waals surface area contributed by atoms with E-state index in [1.807, 2.05) is 41.5 Å². The second kappa shape index (κ2) is 11.3. The predicted molar refractivity (Wildman–Crippen MR) is 141 cm³/mol. The summed E-state index contributed by atoms with van der Waals surface area (Å²) in [5, 5.41) is 10.4. The Morgan fingerprint density at radius 2 is 1.95 bits per heavy atom. The monoisotopic (exact) mass is 518 g/mol. The van der Waals surface area contributed by atoms with E-state index >= 15 is 0 Å². The summed E-state index contributed by atoms with van der Waals surface area (Å²) in [6.45, 7) is 19.6. The van der Waals surface area contributed by atoms with Crippen LogP contribution in [-0.2, 0) is 23.9 Å². The van der Waals surface area contributed by atoms with Gasteiger partial charge < -0.3 is 24.4 Å². The summed E-state index contributed by atoms with van der Waals surface area (Å²) in [5.74, 6) is -2.53. The number of nitrogens with zero attached hydrogens (tertiary/aromatic N) is 2. The highest BCUT2D eigenvalue weighted by Crippen LogP contribution is 2.65. The van der Waals surface area contributed by atoms with Crippen LogP contribution in [0.2, 0.25) is 0 Å². The molecule has 3 heterocycles. The number of unbranched alkanes of at least 4 members (excludes halogenated alkanes) is 1. The van der Waals surface area contributed by atoms with Crippen LogP contribution in [0.4, 0.5) is 0 Å². The average Bonchev–Trinajstić information content (AvgIpc) is 3.34. The number of esters is 1. The molecule has 0 aromatic heterocycles. The van der Waals surface area contributed by atoms with Crippen LogP contribution in [-0.4, -0.2) is 81.8 Å². The summed E-state index contributed by atoms with van der Waals surface area (Å²) in [6, 6.07) is -1.63. The van der Waals surface area contributed by atoms with Crippen molar-refractivity contribution in [3.63, 3.8) is 0 Å². The van der Waals surface area contributed by atoms with Crippen LogP contribution < -0.4 is 0 Å². The summed E-state index contributed by atoms with van der Waals surface area (Å²) in [6.07, 6.45) is 5.83. The van der Waals surface area contributed by atoms with E-state index in [9.17, 15) is 19.5 Å². The van der Waals surface area contributed by atoms with Crippen molar-refractivity contribution in [2.75, 3.05) is 19.8 Å². The largest absolute Gasteiger partial charge is 0.465 e. The lowest BCUT2D eigenvalue weighted by Gasteiger charge is -2.41. The zero-order chi connectivity index (χ0) is 27.7. The maximum Gasteiger partial charge on any atom is 0.312 e. The number of aliphatic hydroxyl groups is 1. The number of hydrogen-bond donors (Lipinski definition) is 1. The van der Waals surface area contributed by atoms with Crippen LogP contribution in [0.25, 0.3) is 0 Å². The molecule has 2 bridgehead atoms. The highest BCUT2D eigenvalue weighted by atomic mass is 16.6. The third kappa shape index (κ3) is 4.87. The van der Waals surface area contributed by atoms with Crippen LogP contribution in [0, 0.1) is 23.7 Å². The summed E-state index contributed by atoms with van der Waals surface area (Å²) in [7, 11) is 0. The number of carbonyl (C=O) groups is 3. The van der Waals surface area contributed by atoms with Crippen molar-refractivity contribution in [2.24, 2.45) is 23.7 Å². The molecule has 0 radical (unpaired) electrons. The molecule has 0 saturated carbocycles. The van der Waals surface area contributed by atoms with Gasteiger partial charge in [0.1, 0.15) is 17.6 Å². The Bertz CT molecular complexity index is 903. The number of rotatable bonds is 13. The van der Waals surface area contributed by atoms with E-state index in [1.54, 1.807) is 22.0 Å². The van der Waals surface area contributed by atoms with Crippen LogP contribution in [0.1, 0.15) is 67.2 Å². The average molecular weight is 519 g/mol. The topological polar surface area (TPSA) is 96.4 Å². The molecule has 7 atom stereocenters. The van der Waals surface area contributed by atoms with Crippen LogP contribution in [0.5, 0.6) is 0 Å². The Labute approximate surface area is 222 Å². The predicted octanol–water partition coefficient (Wildman–Crippen LogP) is 3.34. The second-order valence-corrected chi connectivity index (χ2v) is 11.9. The Kier molecular flexibility index (Phi) is 8.95. The van der Waals surface area contributed by atoms with Gasteiger partial charge in [-0.1, -0.05) is 32.9 Å². The molecule has 208 valence electrons. The second-order valence-electron chi connectivity index (χ2n) is 11.9. The van der Waals surface area contributed by atoms with Crippen molar-refractivity contribution in [2.45, 2.75) is 96.6 Å². The minimum absolute atomic E-state index is 0.0675. The number of carbonyl (C=O) groups excluding carboxylic acids is 3. The lowest BCUT2D eigenvalue weighted by molar-refractivity contribution is -0.164. The van der Waals surface area contributed by atoms with E-state index in [2.05, 4.69) is 13.2 Å². The molecule has 3 aliphatic heterocycles. The van der Waals surface area contributed by atoms with Gasteiger partial charge in [-0.25, -0.2) is 0 Å². The summed E-state index contributed by atoms with van der Waals surface area (Å²) in [5.41, 5.74) is -2.08. The maximum atomic E-state index is 14.3. The van der Waals surface area contributed by atoms with Gasteiger partial charge in [-0.15, -0.1) is 13.2 Å². The first-order valence-electron chi connectivity index (χ1n) is 13.7. The molecule has 3 fully saturated rings. The smallest absolute Gasteiger partial charge is 0.312 e. The van der Waals surface area contributed by atoms with Crippen LogP contribution >= 0.6 is 0 Å². The van der Waals surface area contributed by atoms with Crippen molar-refractivity contribution >= 4 is 17.8 Å². The van der Waals surface area contributed by atoms with Gasteiger partial charge in [-0.05, 0) is 58.3 Å². The number of amides is 2. The van der Waals surface area contributed by atoms with E-state index in [4.69, 9.17) is 9.47 Å². The van der Waals surface area contributed by atoms with E-state index < -0.39 is 41.1 Å². The van der Waals surface area contributed by atoms with Crippen molar-refractivity contribution in [3.05, 3.63) is 25.3 Å². The van der Waals surface area contributed by atoms with Gasteiger partial charge in [0.2, 0.25) is 11.8 Å². The van der Waals surface area contributed by atoms with Crippen molar-refractivity contribution in [1.82, 2.24) is 9.80 Å². The zero-order valence-corrected chi connectivity index (χ0v) is 23.4. The molecule has 8 nitrogen and oxygen atoms in total. The third-order valence-electron chi connectivity index (χ3n) is 8.62. The van der Waals surface area contributed by atoms with Crippen LogP contribution in [0.15, 0.2) is 25.3 Å². The molecule has 8 heteroatoms. The van der Waals surface area contributed by atoms with E-state index in [1.165, 1.54) is 0 Å².